The van der Waals surface area contributed by atoms with Crippen LogP contribution >= 0.6 is 0 Å². The number of benzene rings is 1. The molecule has 0 aliphatic heterocycles. The van der Waals surface area contributed by atoms with Crippen LogP contribution in [0.3, 0.4) is 0 Å². The lowest BCUT2D eigenvalue weighted by Crippen LogP contribution is -2.24. The Balaban J connectivity index is 1.91. The average Bonchev–Trinajstić information content (AvgIpc) is 2.60. The number of rotatable bonds is 8. The van der Waals surface area contributed by atoms with Crippen molar-refractivity contribution in [3.63, 3.8) is 0 Å². The van der Waals surface area contributed by atoms with Gasteiger partial charge in [0, 0.05) is 6.54 Å². The molecule has 2 N–H and O–H groups in total. The van der Waals surface area contributed by atoms with Gasteiger partial charge in [-0.05, 0) is 24.1 Å². The van der Waals surface area contributed by atoms with Gasteiger partial charge in [0.05, 0.1) is 19.0 Å². The zero-order chi connectivity index (χ0) is 17.4. The Kier molecular flexibility index (Phi) is 6.24. The van der Waals surface area contributed by atoms with Crippen LogP contribution in [0.5, 0.6) is 5.75 Å². The van der Waals surface area contributed by atoms with E-state index in [-0.39, 0.29) is 11.4 Å². The fourth-order valence-electron chi connectivity index (χ4n) is 1.91. The van der Waals surface area contributed by atoms with Crippen LogP contribution < -0.4 is 10.1 Å². The Bertz CT molecular complexity index is 701. The number of carbonyl (C=O) groups is 2. The molecule has 0 saturated heterocycles. The van der Waals surface area contributed by atoms with Crippen LogP contribution in [-0.2, 0) is 6.54 Å². The molecule has 0 bridgehead atoms. The number of ether oxygens (including phenoxy) is 1. The molecule has 7 heteroatoms. The standard InChI is InChI=1S/C17H19N3O4/c1-2-3-7-24-13-6-4-5-12(8-13)9-20-16(21)14-10-19-15(11-18-14)17(22)23/h4-6,8,10-11H,2-3,7,9H2,1H3,(H,20,21)(H,22,23). The summed E-state index contributed by atoms with van der Waals surface area (Å²) in [6, 6.07) is 7.49. The highest BCUT2D eigenvalue weighted by Crippen LogP contribution is 2.13. The molecule has 126 valence electrons. The summed E-state index contributed by atoms with van der Waals surface area (Å²) in [5.41, 5.74) is 0.756. The zero-order valence-corrected chi connectivity index (χ0v) is 13.4. The number of nitrogens with zero attached hydrogens (tertiary/aromatic N) is 2. The van der Waals surface area contributed by atoms with Gasteiger partial charge in [0.1, 0.15) is 11.4 Å². The maximum Gasteiger partial charge on any atom is 0.356 e. The summed E-state index contributed by atoms with van der Waals surface area (Å²) < 4.78 is 5.62. The van der Waals surface area contributed by atoms with E-state index in [2.05, 4.69) is 22.2 Å². The summed E-state index contributed by atoms with van der Waals surface area (Å²) in [5.74, 6) is -0.841. The third kappa shape index (κ3) is 5.05. The number of carboxylic acids is 1. The van der Waals surface area contributed by atoms with E-state index in [1.54, 1.807) is 0 Å². The van der Waals surface area contributed by atoms with Gasteiger partial charge < -0.3 is 15.2 Å². The van der Waals surface area contributed by atoms with E-state index in [1.165, 1.54) is 0 Å². The van der Waals surface area contributed by atoms with Gasteiger partial charge in [-0.1, -0.05) is 25.5 Å². The highest BCUT2D eigenvalue weighted by molar-refractivity contribution is 5.92. The van der Waals surface area contributed by atoms with E-state index in [4.69, 9.17) is 9.84 Å². The molecule has 2 rings (SSSR count). The number of aromatic carboxylic acids is 1. The molecule has 0 aliphatic carbocycles. The van der Waals surface area contributed by atoms with Crippen LogP contribution in [0.15, 0.2) is 36.7 Å². The second-order valence-electron chi connectivity index (χ2n) is 5.12. The van der Waals surface area contributed by atoms with Crippen molar-refractivity contribution < 1.29 is 19.4 Å². The molecule has 1 aromatic heterocycles. The Morgan fingerprint density at radius 3 is 2.62 bits per heavy atom. The van der Waals surface area contributed by atoms with Crippen LogP contribution in [-0.4, -0.2) is 33.6 Å². The summed E-state index contributed by atoms with van der Waals surface area (Å²) in [7, 11) is 0. The smallest absolute Gasteiger partial charge is 0.356 e. The van der Waals surface area contributed by atoms with Gasteiger partial charge >= 0.3 is 5.97 Å². The zero-order valence-electron chi connectivity index (χ0n) is 13.4. The largest absolute Gasteiger partial charge is 0.494 e. The first-order chi connectivity index (χ1) is 11.6. The number of amides is 1. The summed E-state index contributed by atoms with van der Waals surface area (Å²) in [5, 5.41) is 11.5. The SMILES string of the molecule is CCCCOc1cccc(CNC(=O)c2cnc(C(=O)O)cn2)c1. The van der Waals surface area contributed by atoms with E-state index in [9.17, 15) is 9.59 Å². The summed E-state index contributed by atoms with van der Waals surface area (Å²) in [4.78, 5) is 30.2. The van der Waals surface area contributed by atoms with Crippen molar-refractivity contribution in [2.45, 2.75) is 26.3 Å². The number of hydrogen-bond donors (Lipinski definition) is 2. The first-order valence-corrected chi connectivity index (χ1v) is 7.65. The number of nitrogens with one attached hydrogen (secondary N) is 1. The van der Waals surface area contributed by atoms with Crippen molar-refractivity contribution in [3.8, 4) is 5.75 Å². The predicted molar refractivity (Wildman–Crippen MR) is 87.0 cm³/mol. The van der Waals surface area contributed by atoms with Crippen molar-refractivity contribution in [3.05, 3.63) is 53.6 Å². The average molecular weight is 329 g/mol. The lowest BCUT2D eigenvalue weighted by atomic mass is 10.2. The maximum atomic E-state index is 12.0. The van der Waals surface area contributed by atoms with E-state index in [1.807, 2.05) is 24.3 Å². The number of carboxylic acid groups (broad SMARTS) is 1. The van der Waals surface area contributed by atoms with Gasteiger partial charge in [-0.15, -0.1) is 0 Å². The molecule has 1 amide bonds. The van der Waals surface area contributed by atoms with Crippen LogP contribution in [0, 0.1) is 0 Å². The molecule has 0 saturated carbocycles. The first kappa shape index (κ1) is 17.4. The fourth-order valence-corrected chi connectivity index (χ4v) is 1.91. The molecule has 2 aromatic rings. The van der Waals surface area contributed by atoms with Crippen molar-refractivity contribution in [2.24, 2.45) is 0 Å². The van der Waals surface area contributed by atoms with Gasteiger partial charge in [-0.25, -0.2) is 14.8 Å². The quantitative estimate of drug-likeness (QED) is 0.721. The molecule has 0 spiro atoms. The monoisotopic (exact) mass is 329 g/mol. The molecule has 0 fully saturated rings. The Hall–Kier alpha value is -2.96. The minimum Gasteiger partial charge on any atom is -0.494 e. The van der Waals surface area contributed by atoms with E-state index in [0.717, 1.165) is 36.5 Å². The number of hydrogen-bond acceptors (Lipinski definition) is 5. The lowest BCUT2D eigenvalue weighted by molar-refractivity contribution is 0.0689. The van der Waals surface area contributed by atoms with E-state index in [0.29, 0.717) is 13.2 Å². The van der Waals surface area contributed by atoms with E-state index < -0.39 is 11.9 Å². The highest BCUT2D eigenvalue weighted by Gasteiger charge is 2.10. The Morgan fingerprint density at radius 2 is 1.96 bits per heavy atom. The molecule has 0 aliphatic rings. The minimum atomic E-state index is -1.19. The van der Waals surface area contributed by atoms with Crippen LogP contribution in [0.2, 0.25) is 0 Å². The molecular formula is C17H19N3O4. The molecular weight excluding hydrogens is 310 g/mol. The molecule has 7 nitrogen and oxygen atoms in total. The number of aromatic nitrogens is 2. The third-order valence-electron chi connectivity index (χ3n) is 3.22. The second kappa shape index (κ2) is 8.61. The first-order valence-electron chi connectivity index (χ1n) is 7.65. The predicted octanol–water partition coefficient (Wildman–Crippen LogP) is 2.28. The normalized spacial score (nSPS) is 10.2. The van der Waals surface area contributed by atoms with Crippen LogP contribution in [0.25, 0.3) is 0 Å². The molecule has 1 heterocycles. The fraction of sp³-hybridized carbons (Fsp3) is 0.294. The van der Waals surface area contributed by atoms with Crippen LogP contribution in [0.4, 0.5) is 0 Å². The van der Waals surface area contributed by atoms with Gasteiger partial charge in [0.25, 0.3) is 5.91 Å². The highest BCUT2D eigenvalue weighted by atomic mass is 16.5. The van der Waals surface area contributed by atoms with Gasteiger partial charge in [0.15, 0.2) is 5.69 Å². The molecule has 24 heavy (non-hydrogen) atoms. The van der Waals surface area contributed by atoms with Crippen molar-refractivity contribution in [1.29, 1.82) is 0 Å². The van der Waals surface area contributed by atoms with Crippen molar-refractivity contribution in [2.75, 3.05) is 6.61 Å². The molecule has 1 aromatic carbocycles. The number of carbonyl (C=O) groups excluding carboxylic acids is 1. The third-order valence-corrected chi connectivity index (χ3v) is 3.22. The molecule has 0 unspecified atom stereocenters. The lowest BCUT2D eigenvalue weighted by Gasteiger charge is -2.08. The maximum absolute atomic E-state index is 12.0. The topological polar surface area (TPSA) is 101 Å². The van der Waals surface area contributed by atoms with Crippen molar-refractivity contribution in [1.82, 2.24) is 15.3 Å². The van der Waals surface area contributed by atoms with Gasteiger partial charge in [-0.2, -0.15) is 0 Å². The van der Waals surface area contributed by atoms with E-state index >= 15 is 0 Å². The van der Waals surface area contributed by atoms with Gasteiger partial charge in [-0.3, -0.25) is 4.79 Å². The number of unbranched alkanes of at least 4 members (excludes halogenated alkanes) is 1. The second-order valence-corrected chi connectivity index (χ2v) is 5.12. The summed E-state index contributed by atoms with van der Waals surface area (Å²) >= 11 is 0. The summed E-state index contributed by atoms with van der Waals surface area (Å²) in [6.07, 6.45) is 4.26. The van der Waals surface area contributed by atoms with Crippen LogP contribution in [0.1, 0.15) is 46.3 Å². The summed E-state index contributed by atoms with van der Waals surface area (Å²) in [6.45, 7) is 3.07. The minimum absolute atomic E-state index is 0.0651. The Morgan fingerprint density at radius 1 is 1.21 bits per heavy atom. The molecule has 0 radical (unpaired) electrons. The molecule has 0 atom stereocenters. The van der Waals surface area contributed by atoms with Gasteiger partial charge in [0.2, 0.25) is 0 Å². The van der Waals surface area contributed by atoms with Crippen molar-refractivity contribution >= 4 is 11.9 Å². The Labute approximate surface area is 139 Å².